The van der Waals surface area contributed by atoms with Gasteiger partial charge in [0.15, 0.2) is 0 Å². The van der Waals surface area contributed by atoms with Crippen molar-refractivity contribution in [3.63, 3.8) is 0 Å². The fraction of sp³-hybridized carbons (Fsp3) is 0.500. The SMILES string of the molecule is O=C(c1nsc2cc(O)ccc12)N1CCN2CCC23CCC13. The number of piperazine rings is 1. The van der Waals surface area contributed by atoms with Crippen LogP contribution >= 0.6 is 11.5 Å². The van der Waals surface area contributed by atoms with Crippen LogP contribution in [0.1, 0.15) is 29.8 Å². The summed E-state index contributed by atoms with van der Waals surface area (Å²) in [5, 5.41) is 10.4. The normalized spacial score (nSPS) is 30.4. The average molecular weight is 315 g/mol. The monoisotopic (exact) mass is 315 g/mol. The molecule has 1 spiro atoms. The van der Waals surface area contributed by atoms with Crippen LogP contribution in [0.2, 0.25) is 0 Å². The van der Waals surface area contributed by atoms with Gasteiger partial charge in [0, 0.05) is 30.6 Å². The maximum Gasteiger partial charge on any atom is 0.274 e. The molecule has 1 aliphatic carbocycles. The average Bonchev–Trinajstić information content (AvgIpc) is 2.85. The summed E-state index contributed by atoms with van der Waals surface area (Å²) >= 11 is 1.29. The minimum Gasteiger partial charge on any atom is -0.508 e. The van der Waals surface area contributed by atoms with Crippen molar-refractivity contribution in [3.05, 3.63) is 23.9 Å². The Morgan fingerprint density at radius 2 is 2.23 bits per heavy atom. The first-order valence-electron chi connectivity index (χ1n) is 7.83. The molecule has 2 atom stereocenters. The van der Waals surface area contributed by atoms with Gasteiger partial charge in [-0.1, -0.05) is 0 Å². The Morgan fingerprint density at radius 3 is 2.95 bits per heavy atom. The van der Waals surface area contributed by atoms with Gasteiger partial charge in [0.1, 0.15) is 11.4 Å². The number of aromatic hydroxyl groups is 1. The highest BCUT2D eigenvalue weighted by atomic mass is 32.1. The molecule has 22 heavy (non-hydrogen) atoms. The molecule has 1 aromatic carbocycles. The second kappa shape index (κ2) is 4.20. The Bertz CT molecular complexity index is 785. The van der Waals surface area contributed by atoms with Crippen LogP contribution in [-0.2, 0) is 0 Å². The topological polar surface area (TPSA) is 56.7 Å². The van der Waals surface area contributed by atoms with Crippen LogP contribution in [0.25, 0.3) is 10.1 Å². The highest BCUT2D eigenvalue weighted by molar-refractivity contribution is 7.13. The smallest absolute Gasteiger partial charge is 0.274 e. The van der Waals surface area contributed by atoms with Crippen molar-refractivity contribution in [1.82, 2.24) is 14.2 Å². The van der Waals surface area contributed by atoms with E-state index in [0.717, 1.165) is 29.6 Å². The molecule has 5 nitrogen and oxygen atoms in total. The maximum atomic E-state index is 13.0. The molecular formula is C16H17N3O2S. The largest absolute Gasteiger partial charge is 0.508 e. The zero-order valence-corrected chi connectivity index (χ0v) is 13.0. The third-order valence-electron chi connectivity index (χ3n) is 5.82. The number of rotatable bonds is 1. The van der Waals surface area contributed by atoms with E-state index in [9.17, 15) is 9.90 Å². The summed E-state index contributed by atoms with van der Waals surface area (Å²) in [7, 11) is 0. The molecule has 6 heteroatoms. The molecule has 5 rings (SSSR count). The number of carbonyl (C=O) groups excluding carboxylic acids is 1. The molecule has 1 N–H and O–H groups in total. The molecule has 2 saturated heterocycles. The molecule has 2 aromatic rings. The quantitative estimate of drug-likeness (QED) is 0.875. The van der Waals surface area contributed by atoms with Gasteiger partial charge in [-0.15, -0.1) is 0 Å². The number of phenolic OH excluding ortho intramolecular Hbond substituents is 1. The Morgan fingerprint density at radius 1 is 1.32 bits per heavy atom. The van der Waals surface area contributed by atoms with Crippen molar-refractivity contribution in [2.24, 2.45) is 0 Å². The Balaban J connectivity index is 1.51. The van der Waals surface area contributed by atoms with Crippen molar-refractivity contribution < 1.29 is 9.90 Å². The number of carbonyl (C=O) groups is 1. The van der Waals surface area contributed by atoms with E-state index in [1.807, 2.05) is 0 Å². The summed E-state index contributed by atoms with van der Waals surface area (Å²) in [6.45, 7) is 2.99. The minimum absolute atomic E-state index is 0.0626. The zero-order valence-electron chi connectivity index (χ0n) is 12.2. The van der Waals surface area contributed by atoms with Crippen molar-refractivity contribution in [1.29, 1.82) is 0 Å². The summed E-state index contributed by atoms with van der Waals surface area (Å²) < 4.78 is 5.25. The van der Waals surface area contributed by atoms with Gasteiger partial charge in [-0.05, 0) is 49.0 Å². The minimum atomic E-state index is 0.0626. The fourth-order valence-electron chi connectivity index (χ4n) is 4.45. The predicted octanol–water partition coefficient (Wildman–Crippen LogP) is 2.06. The predicted molar refractivity (Wildman–Crippen MR) is 84.3 cm³/mol. The Labute approximate surface area is 132 Å². The summed E-state index contributed by atoms with van der Waals surface area (Å²) in [6, 6.07) is 5.48. The van der Waals surface area contributed by atoms with Gasteiger partial charge in [0.25, 0.3) is 5.91 Å². The lowest BCUT2D eigenvalue weighted by Crippen LogP contribution is -2.79. The molecule has 3 fully saturated rings. The second-order valence-corrected chi connectivity index (χ2v) is 7.41. The number of fused-ring (bicyclic) bond motifs is 1. The third-order valence-corrected chi connectivity index (χ3v) is 6.63. The van der Waals surface area contributed by atoms with Gasteiger partial charge in [0.2, 0.25) is 0 Å². The molecule has 0 bridgehead atoms. The molecule has 114 valence electrons. The summed E-state index contributed by atoms with van der Waals surface area (Å²) in [5.41, 5.74) is 0.840. The first-order valence-corrected chi connectivity index (χ1v) is 8.61. The third kappa shape index (κ3) is 1.47. The summed E-state index contributed by atoms with van der Waals surface area (Å²) in [6.07, 6.45) is 3.57. The lowest BCUT2D eigenvalue weighted by molar-refractivity contribution is -0.161. The Kier molecular flexibility index (Phi) is 2.45. The first-order chi connectivity index (χ1) is 10.7. The highest BCUT2D eigenvalue weighted by Gasteiger charge is 2.61. The molecule has 3 heterocycles. The number of hydrogen-bond donors (Lipinski definition) is 1. The molecule has 2 unspecified atom stereocenters. The van der Waals surface area contributed by atoms with Crippen LogP contribution in [-0.4, -0.2) is 56.4 Å². The van der Waals surface area contributed by atoms with E-state index in [4.69, 9.17) is 0 Å². The van der Waals surface area contributed by atoms with Crippen LogP contribution in [0.4, 0.5) is 0 Å². The van der Waals surface area contributed by atoms with E-state index in [1.54, 1.807) is 18.2 Å². The Hall–Kier alpha value is -1.66. The van der Waals surface area contributed by atoms with Gasteiger partial charge >= 0.3 is 0 Å². The van der Waals surface area contributed by atoms with Crippen LogP contribution < -0.4 is 0 Å². The zero-order chi connectivity index (χ0) is 14.9. The van der Waals surface area contributed by atoms with Crippen molar-refractivity contribution >= 4 is 27.5 Å². The van der Waals surface area contributed by atoms with E-state index >= 15 is 0 Å². The van der Waals surface area contributed by atoms with Crippen LogP contribution in [0.3, 0.4) is 0 Å². The molecule has 1 amide bonds. The van der Waals surface area contributed by atoms with Crippen molar-refractivity contribution in [2.45, 2.75) is 30.8 Å². The number of benzene rings is 1. The van der Waals surface area contributed by atoms with Crippen molar-refractivity contribution in [2.75, 3.05) is 19.6 Å². The fourth-order valence-corrected chi connectivity index (χ4v) is 5.25. The van der Waals surface area contributed by atoms with Gasteiger partial charge in [0.05, 0.1) is 10.7 Å². The lowest BCUT2D eigenvalue weighted by atomic mass is 9.61. The van der Waals surface area contributed by atoms with E-state index in [0.29, 0.717) is 11.7 Å². The van der Waals surface area contributed by atoms with E-state index < -0.39 is 0 Å². The van der Waals surface area contributed by atoms with Gasteiger partial charge < -0.3 is 10.0 Å². The second-order valence-electron chi connectivity index (χ2n) is 6.61. The van der Waals surface area contributed by atoms with Gasteiger partial charge in [-0.2, -0.15) is 4.37 Å². The van der Waals surface area contributed by atoms with Gasteiger partial charge in [-0.3, -0.25) is 9.69 Å². The number of amides is 1. The molecule has 2 aliphatic heterocycles. The van der Waals surface area contributed by atoms with Crippen molar-refractivity contribution in [3.8, 4) is 5.75 Å². The van der Waals surface area contributed by atoms with E-state index in [2.05, 4.69) is 14.2 Å². The lowest BCUT2D eigenvalue weighted by Gasteiger charge is -2.68. The van der Waals surface area contributed by atoms with E-state index in [-0.39, 0.29) is 17.2 Å². The van der Waals surface area contributed by atoms with Crippen LogP contribution in [0.15, 0.2) is 18.2 Å². The number of phenols is 1. The summed E-state index contributed by atoms with van der Waals surface area (Å²) in [5.74, 6) is 0.281. The number of hydrogen-bond acceptors (Lipinski definition) is 5. The summed E-state index contributed by atoms with van der Waals surface area (Å²) in [4.78, 5) is 17.6. The maximum absolute atomic E-state index is 13.0. The molecule has 1 aromatic heterocycles. The highest BCUT2D eigenvalue weighted by Crippen LogP contribution is 2.51. The number of nitrogens with zero attached hydrogens (tertiary/aromatic N) is 3. The van der Waals surface area contributed by atoms with Crippen LogP contribution in [0, 0.1) is 0 Å². The molecule has 1 saturated carbocycles. The number of aromatic nitrogens is 1. The van der Waals surface area contributed by atoms with Gasteiger partial charge in [-0.25, -0.2) is 0 Å². The van der Waals surface area contributed by atoms with Crippen LogP contribution in [0.5, 0.6) is 5.75 Å². The first kappa shape index (κ1) is 12.8. The standard InChI is InChI=1S/C16H17N3O2S/c20-10-1-2-11-12(9-10)22-17-14(11)15(21)19-8-7-18-6-5-16(18)4-3-13(16)19/h1-2,9,13,20H,3-8H2. The van der Waals surface area contributed by atoms with E-state index in [1.165, 1.54) is 30.9 Å². The molecule has 3 aliphatic rings. The molecular weight excluding hydrogens is 298 g/mol. The molecule has 0 radical (unpaired) electrons.